The van der Waals surface area contributed by atoms with Crippen LogP contribution in [-0.2, 0) is 14.3 Å². The Morgan fingerprint density at radius 3 is 2.23 bits per heavy atom. The van der Waals surface area contributed by atoms with Crippen molar-refractivity contribution in [2.45, 2.75) is 19.3 Å². The molecular weight excluding hydrogens is 332 g/mol. The van der Waals surface area contributed by atoms with Crippen LogP contribution in [0.15, 0.2) is 54.6 Å². The fourth-order valence-corrected chi connectivity index (χ4v) is 2.39. The minimum atomic E-state index is -0.427. The lowest BCUT2D eigenvalue weighted by molar-refractivity contribution is -0.118. The van der Waals surface area contributed by atoms with Crippen molar-refractivity contribution in [3.8, 4) is 0 Å². The molecule has 0 atom stereocenters. The van der Waals surface area contributed by atoms with E-state index in [1.165, 1.54) is 7.11 Å². The lowest BCUT2D eigenvalue weighted by Crippen LogP contribution is -2.26. The highest BCUT2D eigenvalue weighted by Gasteiger charge is 2.12. The zero-order valence-corrected chi connectivity index (χ0v) is 14.9. The topological polar surface area (TPSA) is 75.7 Å². The summed E-state index contributed by atoms with van der Waals surface area (Å²) in [5.74, 6) is -0.638. The number of nitrogens with one attached hydrogen (secondary N) is 1. The number of amides is 2. The minimum Gasteiger partial charge on any atom is -0.465 e. The van der Waals surface area contributed by atoms with Crippen LogP contribution in [0.1, 0.15) is 29.6 Å². The van der Waals surface area contributed by atoms with Crippen LogP contribution in [-0.4, -0.2) is 31.9 Å². The van der Waals surface area contributed by atoms with Gasteiger partial charge in [0, 0.05) is 31.3 Å². The molecule has 0 aliphatic carbocycles. The summed E-state index contributed by atoms with van der Waals surface area (Å²) in [7, 11) is 3.04. The number of esters is 1. The van der Waals surface area contributed by atoms with Crippen molar-refractivity contribution >= 4 is 29.2 Å². The normalized spacial score (nSPS) is 10.1. The highest BCUT2D eigenvalue weighted by molar-refractivity contribution is 5.94. The number of anilines is 2. The van der Waals surface area contributed by atoms with Gasteiger partial charge >= 0.3 is 5.97 Å². The quantitative estimate of drug-likeness (QED) is 0.775. The molecule has 0 aromatic heterocycles. The van der Waals surface area contributed by atoms with E-state index in [4.69, 9.17) is 0 Å². The van der Waals surface area contributed by atoms with Crippen LogP contribution < -0.4 is 10.2 Å². The van der Waals surface area contributed by atoms with E-state index < -0.39 is 5.97 Å². The maximum Gasteiger partial charge on any atom is 0.337 e. The molecule has 0 spiro atoms. The van der Waals surface area contributed by atoms with E-state index >= 15 is 0 Å². The number of benzene rings is 2. The largest absolute Gasteiger partial charge is 0.465 e. The summed E-state index contributed by atoms with van der Waals surface area (Å²) in [6.45, 7) is 0. The van der Waals surface area contributed by atoms with Crippen LogP contribution in [0.2, 0.25) is 0 Å². The summed E-state index contributed by atoms with van der Waals surface area (Å²) < 4.78 is 4.62. The SMILES string of the molecule is COC(=O)c1ccc(NC(=O)CCCC(=O)N(C)c2ccccc2)cc1. The second-order valence-corrected chi connectivity index (χ2v) is 5.76. The lowest BCUT2D eigenvalue weighted by Gasteiger charge is -2.17. The van der Waals surface area contributed by atoms with E-state index in [0.717, 1.165) is 5.69 Å². The molecule has 0 aliphatic rings. The van der Waals surface area contributed by atoms with Crippen molar-refractivity contribution in [2.75, 3.05) is 24.4 Å². The van der Waals surface area contributed by atoms with Crippen molar-refractivity contribution in [3.63, 3.8) is 0 Å². The van der Waals surface area contributed by atoms with Gasteiger partial charge in [-0.1, -0.05) is 18.2 Å². The Hall–Kier alpha value is -3.15. The molecule has 0 fully saturated rings. The van der Waals surface area contributed by atoms with Gasteiger partial charge in [0.1, 0.15) is 0 Å². The Bertz CT molecular complexity index is 757. The van der Waals surface area contributed by atoms with E-state index in [0.29, 0.717) is 24.1 Å². The maximum absolute atomic E-state index is 12.2. The van der Waals surface area contributed by atoms with Crippen LogP contribution in [0, 0.1) is 0 Å². The highest BCUT2D eigenvalue weighted by Crippen LogP contribution is 2.14. The summed E-state index contributed by atoms with van der Waals surface area (Å²) in [4.78, 5) is 37.1. The highest BCUT2D eigenvalue weighted by atomic mass is 16.5. The third-order valence-corrected chi connectivity index (χ3v) is 3.90. The van der Waals surface area contributed by atoms with Crippen molar-refractivity contribution in [2.24, 2.45) is 0 Å². The summed E-state index contributed by atoms with van der Waals surface area (Å²) in [6, 6.07) is 15.8. The Morgan fingerprint density at radius 2 is 1.62 bits per heavy atom. The molecule has 2 amide bonds. The molecule has 0 heterocycles. The van der Waals surface area contributed by atoms with Crippen LogP contribution in [0.5, 0.6) is 0 Å². The summed E-state index contributed by atoms with van der Waals surface area (Å²) in [5, 5.41) is 2.74. The Kier molecular flexibility index (Phi) is 6.91. The number of rotatable bonds is 7. The lowest BCUT2D eigenvalue weighted by atomic mass is 10.2. The molecule has 6 nitrogen and oxygen atoms in total. The first kappa shape index (κ1) is 19.2. The fraction of sp³-hybridized carbons (Fsp3) is 0.250. The monoisotopic (exact) mass is 354 g/mol. The van der Waals surface area contributed by atoms with Gasteiger partial charge in [-0.25, -0.2) is 4.79 Å². The molecule has 0 radical (unpaired) electrons. The average molecular weight is 354 g/mol. The molecule has 2 aromatic carbocycles. The number of nitrogens with zero attached hydrogens (tertiary/aromatic N) is 1. The van der Waals surface area contributed by atoms with Gasteiger partial charge in [-0.3, -0.25) is 9.59 Å². The first-order valence-corrected chi connectivity index (χ1v) is 8.31. The van der Waals surface area contributed by atoms with Gasteiger partial charge in [0.2, 0.25) is 11.8 Å². The molecule has 1 N–H and O–H groups in total. The number of hydrogen-bond donors (Lipinski definition) is 1. The second kappa shape index (κ2) is 9.36. The summed E-state index contributed by atoms with van der Waals surface area (Å²) >= 11 is 0. The van der Waals surface area contributed by atoms with Gasteiger partial charge in [-0.05, 0) is 42.8 Å². The zero-order chi connectivity index (χ0) is 18.9. The van der Waals surface area contributed by atoms with E-state index in [9.17, 15) is 14.4 Å². The first-order valence-electron chi connectivity index (χ1n) is 8.31. The Labute approximate surface area is 152 Å². The molecule has 0 bridgehead atoms. The van der Waals surface area contributed by atoms with Gasteiger partial charge in [0.15, 0.2) is 0 Å². The number of para-hydroxylation sites is 1. The Balaban J connectivity index is 1.76. The fourth-order valence-electron chi connectivity index (χ4n) is 2.39. The maximum atomic E-state index is 12.2. The molecule has 2 aromatic rings. The van der Waals surface area contributed by atoms with E-state index in [2.05, 4.69) is 10.1 Å². The number of carbonyl (C=O) groups is 3. The standard InChI is InChI=1S/C20H22N2O4/c1-22(17-7-4-3-5-8-17)19(24)10-6-9-18(23)21-16-13-11-15(12-14-16)20(25)26-2/h3-5,7-8,11-14H,6,9-10H2,1-2H3,(H,21,23). The van der Waals surface area contributed by atoms with E-state index in [-0.39, 0.29) is 18.2 Å². The molecule has 6 heteroatoms. The number of hydrogen-bond acceptors (Lipinski definition) is 4. The van der Waals surface area contributed by atoms with Crippen LogP contribution in [0.4, 0.5) is 11.4 Å². The van der Waals surface area contributed by atoms with Crippen molar-refractivity contribution in [1.29, 1.82) is 0 Å². The molecule has 0 saturated heterocycles. The summed E-state index contributed by atoms with van der Waals surface area (Å²) in [5.41, 5.74) is 1.84. The molecule has 0 saturated carbocycles. The van der Waals surface area contributed by atoms with Crippen LogP contribution in [0.25, 0.3) is 0 Å². The van der Waals surface area contributed by atoms with Crippen LogP contribution in [0.3, 0.4) is 0 Å². The number of carbonyl (C=O) groups excluding carboxylic acids is 3. The second-order valence-electron chi connectivity index (χ2n) is 5.76. The molecule has 0 aliphatic heterocycles. The van der Waals surface area contributed by atoms with E-state index in [1.54, 1.807) is 36.2 Å². The third kappa shape index (κ3) is 5.44. The van der Waals surface area contributed by atoms with E-state index in [1.807, 2.05) is 30.3 Å². The Morgan fingerprint density at radius 1 is 0.962 bits per heavy atom. The van der Waals surface area contributed by atoms with Crippen molar-refractivity contribution < 1.29 is 19.1 Å². The summed E-state index contributed by atoms with van der Waals surface area (Å²) in [6.07, 6.45) is 0.995. The van der Waals surface area contributed by atoms with Gasteiger partial charge in [-0.2, -0.15) is 0 Å². The van der Waals surface area contributed by atoms with Gasteiger partial charge in [-0.15, -0.1) is 0 Å². The van der Waals surface area contributed by atoms with Crippen LogP contribution >= 0.6 is 0 Å². The zero-order valence-electron chi connectivity index (χ0n) is 14.9. The molecule has 136 valence electrons. The van der Waals surface area contributed by atoms with Gasteiger partial charge in [0.25, 0.3) is 0 Å². The van der Waals surface area contributed by atoms with Crippen molar-refractivity contribution in [1.82, 2.24) is 0 Å². The average Bonchev–Trinajstić information content (AvgIpc) is 2.68. The number of methoxy groups -OCH3 is 1. The molecule has 2 rings (SSSR count). The van der Waals surface area contributed by atoms with Gasteiger partial charge in [0.05, 0.1) is 12.7 Å². The molecule has 0 unspecified atom stereocenters. The predicted octanol–water partition coefficient (Wildman–Crippen LogP) is 3.25. The first-order chi connectivity index (χ1) is 12.5. The van der Waals surface area contributed by atoms with Crippen molar-refractivity contribution in [3.05, 3.63) is 60.2 Å². The predicted molar refractivity (Wildman–Crippen MR) is 100 cm³/mol. The van der Waals surface area contributed by atoms with Gasteiger partial charge < -0.3 is 15.0 Å². The molecular formula is C20H22N2O4. The molecule has 26 heavy (non-hydrogen) atoms. The third-order valence-electron chi connectivity index (χ3n) is 3.90. The minimum absolute atomic E-state index is 0.0357. The number of ether oxygens (including phenoxy) is 1. The smallest absolute Gasteiger partial charge is 0.337 e.